The molecule has 1 aromatic rings. The van der Waals surface area contributed by atoms with Crippen molar-refractivity contribution in [3.05, 3.63) is 29.8 Å². The Kier molecular flexibility index (Phi) is 5.22. The van der Waals surface area contributed by atoms with E-state index >= 15 is 0 Å². The van der Waals surface area contributed by atoms with Crippen LogP contribution in [-0.4, -0.2) is 55.9 Å². The Bertz CT molecular complexity index is 466. The van der Waals surface area contributed by atoms with Crippen molar-refractivity contribution in [2.75, 3.05) is 35.3 Å². The number of carbonyl (C=O) groups is 1. The van der Waals surface area contributed by atoms with Gasteiger partial charge in [0.05, 0.1) is 40.9 Å². The molecule has 0 aliphatic rings. The highest BCUT2D eigenvalue weighted by Gasteiger charge is 2.15. The van der Waals surface area contributed by atoms with Crippen molar-refractivity contribution in [3.63, 3.8) is 0 Å². The maximum absolute atomic E-state index is 11.5. The van der Waals surface area contributed by atoms with Gasteiger partial charge in [0.15, 0.2) is 0 Å². The van der Waals surface area contributed by atoms with Crippen molar-refractivity contribution >= 4 is 22.9 Å². The molecule has 0 fully saturated rings. The molecule has 0 radical (unpaired) electrons. The van der Waals surface area contributed by atoms with Gasteiger partial charge in [-0.2, -0.15) is 0 Å². The number of carbonyl (C=O) groups excluding carboxylic acids is 1. The number of benzene rings is 1. The Hall–Kier alpha value is -1.49. The van der Waals surface area contributed by atoms with Crippen LogP contribution in [0.25, 0.3) is 0 Å². The molecule has 4 nitrogen and oxygen atoms in total. The molecule has 0 aliphatic heterocycles. The van der Waals surface area contributed by atoms with E-state index in [-0.39, 0.29) is 5.97 Å². The number of thioether (sulfide) groups is 1. The molecular weight excluding hydrogens is 248 g/mol. The fourth-order valence-electron chi connectivity index (χ4n) is 1.49. The van der Waals surface area contributed by atoms with Gasteiger partial charge in [-0.05, 0) is 30.0 Å². The second kappa shape index (κ2) is 6.44. The fraction of sp³-hybridized carbons (Fsp3) is 0.385. The minimum absolute atomic E-state index is 0.311. The van der Waals surface area contributed by atoms with E-state index in [1.165, 1.54) is 7.11 Å². The van der Waals surface area contributed by atoms with Crippen LogP contribution in [-0.2, 0) is 4.74 Å². The summed E-state index contributed by atoms with van der Waals surface area (Å²) < 4.78 is 6.75. The Morgan fingerprint density at radius 1 is 1.33 bits per heavy atom. The molecule has 98 valence electrons. The molecule has 1 rings (SSSR count). The van der Waals surface area contributed by atoms with Gasteiger partial charge in [0.2, 0.25) is 0 Å². The van der Waals surface area contributed by atoms with Gasteiger partial charge >= 0.3 is 11.1 Å². The second-order valence-electron chi connectivity index (χ2n) is 4.19. The number of amidine groups is 1. The molecule has 18 heavy (non-hydrogen) atoms. The number of esters is 1. The van der Waals surface area contributed by atoms with Crippen molar-refractivity contribution < 1.29 is 14.1 Å². The standard InChI is InChI=1S/C13H19N2O2S/c1-14(2)13(15(3)4)18-11-8-6-7-10(9-11)12(16)17-5/h6-9H,1-5H3/q+1. The van der Waals surface area contributed by atoms with E-state index in [9.17, 15) is 4.79 Å². The minimum atomic E-state index is -0.311. The summed E-state index contributed by atoms with van der Waals surface area (Å²) >= 11 is 1.61. The van der Waals surface area contributed by atoms with E-state index in [0.29, 0.717) is 5.56 Å². The third kappa shape index (κ3) is 3.77. The van der Waals surface area contributed by atoms with Crippen LogP contribution in [0.4, 0.5) is 0 Å². The lowest BCUT2D eigenvalue weighted by atomic mass is 10.2. The molecule has 0 spiro atoms. The summed E-state index contributed by atoms with van der Waals surface area (Å²) in [5, 5.41) is 1.09. The highest BCUT2D eigenvalue weighted by atomic mass is 32.2. The number of nitrogens with zero attached hydrogens (tertiary/aromatic N) is 2. The first-order valence-corrected chi connectivity index (χ1v) is 6.35. The molecule has 0 N–H and O–H groups in total. The SMILES string of the molecule is COC(=O)c1cccc(SC(N(C)C)=[N+](C)C)c1. The lowest BCUT2D eigenvalue weighted by molar-refractivity contribution is -0.466. The van der Waals surface area contributed by atoms with Crippen molar-refractivity contribution in [3.8, 4) is 0 Å². The van der Waals surface area contributed by atoms with Gasteiger partial charge < -0.3 is 4.74 Å². The number of hydrogen-bond donors (Lipinski definition) is 0. The summed E-state index contributed by atoms with van der Waals surface area (Å²) in [6.45, 7) is 0. The van der Waals surface area contributed by atoms with Crippen LogP contribution in [0.5, 0.6) is 0 Å². The third-order valence-corrected chi connectivity index (χ3v) is 3.63. The topological polar surface area (TPSA) is 32.5 Å². The van der Waals surface area contributed by atoms with E-state index < -0.39 is 0 Å². The average Bonchev–Trinajstić information content (AvgIpc) is 2.34. The highest BCUT2D eigenvalue weighted by molar-refractivity contribution is 8.13. The Morgan fingerprint density at radius 2 is 2.00 bits per heavy atom. The van der Waals surface area contributed by atoms with E-state index in [1.54, 1.807) is 17.8 Å². The summed E-state index contributed by atoms with van der Waals surface area (Å²) in [5.41, 5.74) is 0.569. The molecule has 0 aromatic heterocycles. The van der Waals surface area contributed by atoms with Gasteiger partial charge in [-0.1, -0.05) is 6.07 Å². The number of methoxy groups -OCH3 is 1. The van der Waals surface area contributed by atoms with Crippen LogP contribution < -0.4 is 0 Å². The molecule has 0 atom stereocenters. The maximum Gasteiger partial charge on any atom is 0.337 e. The number of rotatable bonds is 2. The summed E-state index contributed by atoms with van der Waals surface area (Å²) in [5.74, 6) is -0.311. The predicted molar refractivity (Wildman–Crippen MR) is 74.4 cm³/mol. The van der Waals surface area contributed by atoms with Gasteiger partial charge in [0.25, 0.3) is 0 Å². The summed E-state index contributed by atoms with van der Waals surface area (Å²) in [6, 6.07) is 7.42. The molecule has 1 aromatic carbocycles. The molecule has 0 saturated heterocycles. The quantitative estimate of drug-likeness (QED) is 0.269. The van der Waals surface area contributed by atoms with E-state index in [4.69, 9.17) is 4.74 Å². The maximum atomic E-state index is 11.5. The minimum Gasteiger partial charge on any atom is -0.465 e. The van der Waals surface area contributed by atoms with Crippen molar-refractivity contribution in [1.82, 2.24) is 4.90 Å². The van der Waals surface area contributed by atoms with Crippen LogP contribution in [0.3, 0.4) is 0 Å². The van der Waals surface area contributed by atoms with Gasteiger partial charge in [-0.25, -0.2) is 4.79 Å². The average molecular weight is 267 g/mol. The molecule has 0 amide bonds. The van der Waals surface area contributed by atoms with E-state index in [0.717, 1.165) is 10.1 Å². The molecule has 0 bridgehead atoms. The zero-order chi connectivity index (χ0) is 13.7. The zero-order valence-corrected chi connectivity index (χ0v) is 12.2. The van der Waals surface area contributed by atoms with Crippen LogP contribution in [0.1, 0.15) is 10.4 Å². The summed E-state index contributed by atoms with van der Waals surface area (Å²) in [6.07, 6.45) is 0. The largest absolute Gasteiger partial charge is 0.465 e. The first-order valence-electron chi connectivity index (χ1n) is 5.53. The molecule has 0 aliphatic carbocycles. The van der Waals surface area contributed by atoms with Crippen LogP contribution >= 0.6 is 11.8 Å². The molecule has 0 heterocycles. The lowest BCUT2D eigenvalue weighted by Crippen LogP contribution is -2.26. The fourth-order valence-corrected chi connectivity index (χ4v) is 2.40. The monoisotopic (exact) mass is 267 g/mol. The Balaban J connectivity index is 2.98. The Morgan fingerprint density at radius 3 is 2.50 bits per heavy atom. The van der Waals surface area contributed by atoms with E-state index in [2.05, 4.69) is 0 Å². The highest BCUT2D eigenvalue weighted by Crippen LogP contribution is 2.21. The van der Waals surface area contributed by atoms with Crippen molar-refractivity contribution in [1.29, 1.82) is 0 Å². The van der Waals surface area contributed by atoms with Crippen LogP contribution in [0.15, 0.2) is 29.2 Å². The molecule has 0 saturated carbocycles. The summed E-state index contributed by atoms with van der Waals surface area (Å²) in [7, 11) is 9.36. The lowest BCUT2D eigenvalue weighted by Gasteiger charge is -2.10. The normalized spacial score (nSPS) is 9.83. The first kappa shape index (κ1) is 14.6. The second-order valence-corrected chi connectivity index (χ2v) is 5.23. The number of ether oxygens (including phenoxy) is 1. The number of hydrogen-bond acceptors (Lipinski definition) is 3. The summed E-state index contributed by atoms with van der Waals surface area (Å²) in [4.78, 5) is 14.5. The first-order chi connectivity index (χ1) is 8.45. The smallest absolute Gasteiger partial charge is 0.337 e. The third-order valence-electron chi connectivity index (χ3n) is 2.23. The van der Waals surface area contributed by atoms with E-state index in [1.807, 2.05) is 55.9 Å². The van der Waals surface area contributed by atoms with Crippen LogP contribution in [0, 0.1) is 0 Å². The van der Waals surface area contributed by atoms with Gasteiger partial charge in [-0.3, -0.25) is 9.48 Å². The van der Waals surface area contributed by atoms with Crippen molar-refractivity contribution in [2.45, 2.75) is 4.90 Å². The van der Waals surface area contributed by atoms with Gasteiger partial charge in [0, 0.05) is 4.90 Å². The molecular formula is C13H19N2O2S+. The van der Waals surface area contributed by atoms with Crippen molar-refractivity contribution in [2.24, 2.45) is 0 Å². The molecule has 0 unspecified atom stereocenters. The van der Waals surface area contributed by atoms with Gasteiger partial charge in [0.1, 0.15) is 0 Å². The predicted octanol–water partition coefficient (Wildman–Crippen LogP) is 1.75. The Labute approximate surface area is 112 Å². The van der Waals surface area contributed by atoms with Gasteiger partial charge in [-0.15, -0.1) is 0 Å². The molecule has 5 heteroatoms. The zero-order valence-electron chi connectivity index (χ0n) is 11.4. The van der Waals surface area contributed by atoms with Crippen LogP contribution in [0.2, 0.25) is 0 Å².